The van der Waals surface area contributed by atoms with E-state index in [0.717, 1.165) is 60.0 Å². The molecule has 9 heteroatoms. The third kappa shape index (κ3) is 4.98. The summed E-state index contributed by atoms with van der Waals surface area (Å²) in [4.78, 5) is 26.9. The standard InChI is InChI=1S/C28H38N4O3S2/c1-4-35-26(34)24-20-6-5-16(2)7-21(20)37-25(24)29-23(33)15-36-27-31-30-22(32(27)3)14-28-11-17-8-18(12-28)10-19(9-17)13-28/h16-19H,4-15H2,1-3H3,(H,29,33). The maximum Gasteiger partial charge on any atom is 0.341 e. The van der Waals surface area contributed by atoms with Gasteiger partial charge >= 0.3 is 5.97 Å². The van der Waals surface area contributed by atoms with Crippen LogP contribution in [-0.2, 0) is 35.8 Å². The van der Waals surface area contributed by atoms with E-state index >= 15 is 0 Å². The zero-order chi connectivity index (χ0) is 25.7. The number of esters is 1. The highest BCUT2D eigenvalue weighted by atomic mass is 32.2. The maximum atomic E-state index is 13.0. The van der Waals surface area contributed by atoms with Gasteiger partial charge in [0.2, 0.25) is 5.91 Å². The number of hydrogen-bond acceptors (Lipinski definition) is 7. The minimum atomic E-state index is -0.333. The molecule has 0 saturated heterocycles. The van der Waals surface area contributed by atoms with Crippen molar-refractivity contribution in [1.29, 1.82) is 0 Å². The van der Waals surface area contributed by atoms with E-state index in [9.17, 15) is 9.59 Å². The van der Waals surface area contributed by atoms with E-state index < -0.39 is 0 Å². The summed E-state index contributed by atoms with van der Waals surface area (Å²) in [5.74, 6) is 4.16. The number of aromatic nitrogens is 3. The zero-order valence-electron chi connectivity index (χ0n) is 22.2. The first-order chi connectivity index (χ1) is 17.8. The van der Waals surface area contributed by atoms with Gasteiger partial charge in [-0.3, -0.25) is 4.79 Å². The van der Waals surface area contributed by atoms with E-state index in [1.165, 1.54) is 66.5 Å². The summed E-state index contributed by atoms with van der Waals surface area (Å²) >= 11 is 2.95. The number of hydrogen-bond donors (Lipinski definition) is 1. The largest absolute Gasteiger partial charge is 0.462 e. The molecule has 1 unspecified atom stereocenters. The second-order valence-electron chi connectivity index (χ2n) is 12.2. The lowest BCUT2D eigenvalue weighted by Gasteiger charge is -2.56. The van der Waals surface area contributed by atoms with Gasteiger partial charge in [0.1, 0.15) is 10.8 Å². The molecule has 4 bridgehead atoms. The maximum absolute atomic E-state index is 13.0. The fraction of sp³-hybridized carbons (Fsp3) is 0.714. The summed E-state index contributed by atoms with van der Waals surface area (Å²) in [6, 6.07) is 0. The second kappa shape index (κ2) is 10.0. The summed E-state index contributed by atoms with van der Waals surface area (Å²) in [5.41, 5.74) is 2.03. The van der Waals surface area contributed by atoms with Crippen LogP contribution in [0.25, 0.3) is 0 Å². The van der Waals surface area contributed by atoms with Crippen molar-refractivity contribution in [2.24, 2.45) is 36.1 Å². The second-order valence-corrected chi connectivity index (χ2v) is 14.2. The van der Waals surface area contributed by atoms with Gasteiger partial charge in [0.15, 0.2) is 5.16 Å². The number of nitrogens with one attached hydrogen (secondary N) is 1. The molecule has 7 nitrogen and oxygen atoms in total. The van der Waals surface area contributed by atoms with Gasteiger partial charge in [-0.15, -0.1) is 21.5 Å². The number of rotatable bonds is 8. The van der Waals surface area contributed by atoms with Crippen LogP contribution in [0.15, 0.2) is 5.16 Å². The first-order valence-corrected chi connectivity index (χ1v) is 15.7. The van der Waals surface area contributed by atoms with Gasteiger partial charge in [0.25, 0.3) is 0 Å². The molecule has 1 amide bonds. The molecule has 7 rings (SSSR count). The van der Waals surface area contributed by atoms with Crippen molar-refractivity contribution in [3.63, 3.8) is 0 Å². The molecule has 5 aliphatic rings. The van der Waals surface area contributed by atoms with Gasteiger partial charge in [0, 0.05) is 18.3 Å². The van der Waals surface area contributed by atoms with Gasteiger partial charge < -0.3 is 14.6 Å². The Hall–Kier alpha value is -1.87. The van der Waals surface area contributed by atoms with E-state index in [1.807, 2.05) is 14.0 Å². The Balaban J connectivity index is 1.11. The van der Waals surface area contributed by atoms with Crippen LogP contribution in [0, 0.1) is 29.1 Å². The molecule has 37 heavy (non-hydrogen) atoms. The fourth-order valence-electron chi connectivity index (χ4n) is 8.02. The van der Waals surface area contributed by atoms with Gasteiger partial charge in [0.05, 0.1) is 17.9 Å². The lowest BCUT2D eigenvalue weighted by Crippen LogP contribution is -2.47. The van der Waals surface area contributed by atoms with Gasteiger partial charge in [-0.1, -0.05) is 18.7 Å². The molecule has 200 valence electrons. The zero-order valence-corrected chi connectivity index (χ0v) is 23.8. The quantitative estimate of drug-likeness (QED) is 0.342. The van der Waals surface area contributed by atoms with E-state index in [-0.39, 0.29) is 17.6 Å². The van der Waals surface area contributed by atoms with Gasteiger partial charge in [-0.2, -0.15) is 0 Å². The van der Waals surface area contributed by atoms with Crippen molar-refractivity contribution >= 4 is 40.0 Å². The number of fused-ring (bicyclic) bond motifs is 1. The Morgan fingerprint density at radius 3 is 2.54 bits per heavy atom. The SMILES string of the molecule is CCOC(=O)c1c(NC(=O)CSc2nnc(CC34CC5CC(CC(C5)C3)C4)n2C)sc2c1CCC(C)C2. The predicted octanol–water partition coefficient (Wildman–Crippen LogP) is 5.67. The van der Waals surface area contributed by atoms with Crippen molar-refractivity contribution < 1.29 is 14.3 Å². The van der Waals surface area contributed by atoms with Crippen LogP contribution < -0.4 is 5.32 Å². The average Bonchev–Trinajstić information content (AvgIpc) is 3.35. The summed E-state index contributed by atoms with van der Waals surface area (Å²) < 4.78 is 7.43. The lowest BCUT2D eigenvalue weighted by atomic mass is 9.49. The first kappa shape index (κ1) is 25.4. The van der Waals surface area contributed by atoms with Crippen LogP contribution in [0.2, 0.25) is 0 Å². The highest BCUT2D eigenvalue weighted by Crippen LogP contribution is 2.61. The number of thiophene rings is 1. The molecule has 2 aromatic heterocycles. The molecule has 0 aromatic carbocycles. The Kier molecular flexibility index (Phi) is 6.88. The van der Waals surface area contributed by atoms with Crippen molar-refractivity contribution in [2.45, 2.75) is 83.2 Å². The fourth-order valence-corrected chi connectivity index (χ4v) is 10.2. The molecule has 0 aliphatic heterocycles. The summed E-state index contributed by atoms with van der Waals surface area (Å²) in [5, 5.41) is 13.4. The van der Waals surface area contributed by atoms with Crippen LogP contribution in [-0.4, -0.2) is 39.0 Å². The summed E-state index contributed by atoms with van der Waals surface area (Å²) in [6.45, 7) is 4.37. The molecule has 0 spiro atoms. The van der Waals surface area contributed by atoms with E-state index in [4.69, 9.17) is 4.74 Å². The Labute approximate surface area is 227 Å². The number of amides is 1. The number of nitrogens with zero attached hydrogens (tertiary/aromatic N) is 3. The van der Waals surface area contributed by atoms with Crippen LogP contribution >= 0.6 is 23.1 Å². The monoisotopic (exact) mass is 542 g/mol. The van der Waals surface area contributed by atoms with Crippen molar-refractivity contribution in [3.8, 4) is 0 Å². The topological polar surface area (TPSA) is 86.1 Å². The molecule has 1 atom stereocenters. The predicted molar refractivity (Wildman–Crippen MR) is 146 cm³/mol. The van der Waals surface area contributed by atoms with Crippen molar-refractivity contribution in [1.82, 2.24) is 14.8 Å². The third-order valence-corrected chi connectivity index (χ3v) is 11.4. The molecule has 2 heterocycles. The highest BCUT2D eigenvalue weighted by Gasteiger charge is 2.51. The van der Waals surface area contributed by atoms with Gasteiger partial charge in [-0.25, -0.2) is 4.79 Å². The highest BCUT2D eigenvalue weighted by molar-refractivity contribution is 7.99. The molecule has 5 aliphatic carbocycles. The van der Waals surface area contributed by atoms with Crippen LogP contribution in [0.5, 0.6) is 0 Å². The molecule has 1 N–H and O–H groups in total. The number of carbonyl (C=O) groups excluding carboxylic acids is 2. The Morgan fingerprint density at radius 1 is 1.16 bits per heavy atom. The third-order valence-electron chi connectivity index (χ3n) is 9.20. The van der Waals surface area contributed by atoms with Crippen molar-refractivity contribution in [3.05, 3.63) is 21.8 Å². The summed E-state index contributed by atoms with van der Waals surface area (Å²) in [6.07, 6.45) is 12.2. The molecular weight excluding hydrogens is 504 g/mol. The molecule has 4 fully saturated rings. The first-order valence-electron chi connectivity index (χ1n) is 13.9. The van der Waals surface area contributed by atoms with E-state index in [0.29, 0.717) is 28.5 Å². The number of anilines is 1. The van der Waals surface area contributed by atoms with E-state index in [2.05, 4.69) is 27.0 Å². The number of carbonyl (C=O) groups is 2. The minimum Gasteiger partial charge on any atom is -0.462 e. The van der Waals surface area contributed by atoms with Crippen LogP contribution in [0.4, 0.5) is 5.00 Å². The van der Waals surface area contributed by atoms with Gasteiger partial charge in [-0.05, 0) is 99.4 Å². The molecule has 2 aromatic rings. The normalized spacial score (nSPS) is 29.8. The number of ether oxygens (including phenoxy) is 1. The van der Waals surface area contributed by atoms with Crippen molar-refractivity contribution in [2.75, 3.05) is 17.7 Å². The van der Waals surface area contributed by atoms with Crippen LogP contribution in [0.3, 0.4) is 0 Å². The smallest absolute Gasteiger partial charge is 0.341 e. The molecular formula is C28H38N4O3S2. The minimum absolute atomic E-state index is 0.132. The Morgan fingerprint density at radius 2 is 1.86 bits per heavy atom. The van der Waals surface area contributed by atoms with E-state index in [1.54, 1.807) is 0 Å². The Bertz CT molecular complexity index is 1170. The lowest BCUT2D eigenvalue weighted by molar-refractivity contribution is -0.113. The number of thioether (sulfide) groups is 1. The molecule has 4 saturated carbocycles. The summed E-state index contributed by atoms with van der Waals surface area (Å²) in [7, 11) is 2.03. The average molecular weight is 543 g/mol. The molecule has 0 radical (unpaired) electrons. The van der Waals surface area contributed by atoms with Crippen LogP contribution in [0.1, 0.15) is 85.4 Å².